The van der Waals surface area contributed by atoms with E-state index in [4.69, 9.17) is 0 Å². The van der Waals surface area contributed by atoms with Crippen LogP contribution in [0.4, 0.5) is 0 Å². The van der Waals surface area contributed by atoms with Crippen molar-refractivity contribution in [3.63, 3.8) is 0 Å². The Kier molecular flexibility index (Phi) is 3.03. The van der Waals surface area contributed by atoms with Gasteiger partial charge in [-0.1, -0.05) is 44.1 Å². The molecule has 1 rings (SSSR count). The molecule has 0 amide bonds. The molecule has 0 atom stereocenters. The molecule has 1 saturated carbocycles. The summed E-state index contributed by atoms with van der Waals surface area (Å²) in [7, 11) is -1.36. The van der Waals surface area contributed by atoms with Crippen LogP contribution in [0.3, 0.4) is 0 Å². The van der Waals surface area contributed by atoms with Crippen LogP contribution in [0.15, 0.2) is 11.8 Å². The summed E-state index contributed by atoms with van der Waals surface area (Å²) in [5, 5.41) is 11.6. The van der Waals surface area contributed by atoms with Crippen LogP contribution in [-0.2, 0) is 0 Å². The molecule has 2 heteroatoms. The highest BCUT2D eigenvalue weighted by atomic mass is 28.3. The third-order valence-electron chi connectivity index (χ3n) is 3.15. The van der Waals surface area contributed by atoms with Gasteiger partial charge in [0.05, 0.1) is 13.7 Å². The molecule has 1 nitrogen and oxygen atoms in total. The lowest BCUT2D eigenvalue weighted by molar-refractivity contribution is 0.0459. The maximum atomic E-state index is 10.4. The summed E-state index contributed by atoms with van der Waals surface area (Å²) in [6.45, 7) is 10.9. The Bertz CT molecular complexity index is 197. The van der Waals surface area contributed by atoms with Crippen LogP contribution in [0.2, 0.25) is 19.6 Å². The summed E-state index contributed by atoms with van der Waals surface area (Å²) in [5.74, 6) is 0. The van der Waals surface area contributed by atoms with Gasteiger partial charge in [0.15, 0.2) is 0 Å². The van der Waals surface area contributed by atoms with Crippen molar-refractivity contribution in [1.82, 2.24) is 0 Å². The highest BCUT2D eigenvalue weighted by molar-refractivity contribution is 6.83. The Morgan fingerprint density at radius 3 is 2.00 bits per heavy atom. The first-order valence-electron chi connectivity index (χ1n) is 5.28. The van der Waals surface area contributed by atoms with Gasteiger partial charge in [0.25, 0.3) is 0 Å². The van der Waals surface area contributed by atoms with Gasteiger partial charge >= 0.3 is 0 Å². The predicted octanol–water partition coefficient (Wildman–Crippen LogP) is 3.12. The van der Waals surface area contributed by atoms with Gasteiger partial charge in [0.2, 0.25) is 0 Å². The average Bonchev–Trinajstić information content (AvgIpc) is 2.03. The largest absolute Gasteiger partial charge is 0.386 e. The molecule has 0 unspecified atom stereocenters. The Morgan fingerprint density at radius 1 is 1.15 bits per heavy atom. The minimum Gasteiger partial charge on any atom is -0.386 e. The molecule has 13 heavy (non-hydrogen) atoms. The van der Waals surface area contributed by atoms with Gasteiger partial charge in [-0.3, -0.25) is 0 Å². The van der Waals surface area contributed by atoms with Gasteiger partial charge in [-0.05, 0) is 12.8 Å². The van der Waals surface area contributed by atoms with Crippen molar-refractivity contribution < 1.29 is 5.11 Å². The molecule has 0 aromatic carbocycles. The Balaban J connectivity index is 2.73. The summed E-state index contributed by atoms with van der Waals surface area (Å²) in [5.41, 5.74) is -0.511. The number of hydrogen-bond acceptors (Lipinski definition) is 1. The Hall–Kier alpha value is -0.0831. The second-order valence-corrected chi connectivity index (χ2v) is 10.4. The van der Waals surface area contributed by atoms with Crippen molar-refractivity contribution in [3.05, 3.63) is 11.8 Å². The summed E-state index contributed by atoms with van der Waals surface area (Å²) >= 11 is 0. The van der Waals surface area contributed by atoms with Gasteiger partial charge in [0, 0.05) is 0 Å². The molecular weight excluding hydrogens is 176 g/mol. The monoisotopic (exact) mass is 198 g/mol. The van der Waals surface area contributed by atoms with Crippen molar-refractivity contribution in [2.24, 2.45) is 0 Å². The fourth-order valence-corrected chi connectivity index (χ4v) is 3.78. The molecule has 0 saturated heterocycles. The predicted molar refractivity (Wildman–Crippen MR) is 60.5 cm³/mol. The van der Waals surface area contributed by atoms with Gasteiger partial charge in [-0.2, -0.15) is 0 Å². The zero-order valence-corrected chi connectivity index (χ0v) is 10.2. The molecule has 0 heterocycles. The molecule has 1 aliphatic carbocycles. The first-order valence-corrected chi connectivity index (χ1v) is 8.78. The zero-order valence-electron chi connectivity index (χ0n) is 9.19. The lowest BCUT2D eigenvalue weighted by atomic mass is 9.85. The number of rotatable bonds is 2. The van der Waals surface area contributed by atoms with Crippen molar-refractivity contribution in [2.75, 3.05) is 0 Å². The fourth-order valence-electron chi connectivity index (χ4n) is 2.14. The lowest BCUT2D eigenvalue weighted by Gasteiger charge is -2.39. The molecule has 0 spiro atoms. The van der Waals surface area contributed by atoms with E-state index in [0.29, 0.717) is 0 Å². The molecule has 76 valence electrons. The summed E-state index contributed by atoms with van der Waals surface area (Å²) in [6, 6.07) is 0. The molecule has 0 radical (unpaired) electrons. The number of hydrogen-bond donors (Lipinski definition) is 1. The molecule has 1 N–H and O–H groups in total. The zero-order chi connectivity index (χ0) is 10.1. The van der Waals surface area contributed by atoms with E-state index in [0.717, 1.165) is 18.0 Å². The smallest absolute Gasteiger partial charge is 0.0819 e. The van der Waals surface area contributed by atoms with Crippen LogP contribution in [0, 0.1) is 0 Å². The van der Waals surface area contributed by atoms with E-state index < -0.39 is 13.7 Å². The summed E-state index contributed by atoms with van der Waals surface area (Å²) < 4.78 is 0. The van der Waals surface area contributed by atoms with E-state index in [9.17, 15) is 5.11 Å². The Morgan fingerprint density at radius 2 is 1.62 bits per heavy atom. The Labute approximate surface area is 82.9 Å². The second kappa shape index (κ2) is 3.58. The van der Waals surface area contributed by atoms with E-state index in [2.05, 4.69) is 26.2 Å². The van der Waals surface area contributed by atoms with Crippen molar-refractivity contribution in [2.45, 2.75) is 57.3 Å². The molecule has 0 aromatic rings. The van der Waals surface area contributed by atoms with Crippen LogP contribution in [0.1, 0.15) is 32.1 Å². The van der Waals surface area contributed by atoms with E-state index in [1.807, 2.05) is 0 Å². The maximum Gasteiger partial charge on any atom is 0.0819 e. The van der Waals surface area contributed by atoms with Crippen LogP contribution in [0.25, 0.3) is 0 Å². The third-order valence-corrected chi connectivity index (χ3v) is 5.42. The quantitative estimate of drug-likeness (QED) is 0.676. The molecule has 1 aliphatic rings. The van der Waals surface area contributed by atoms with E-state index >= 15 is 0 Å². The van der Waals surface area contributed by atoms with Crippen LogP contribution in [-0.4, -0.2) is 18.8 Å². The summed E-state index contributed by atoms with van der Waals surface area (Å²) in [6.07, 6.45) is 5.49. The van der Waals surface area contributed by atoms with Crippen molar-refractivity contribution >= 4 is 8.07 Å². The number of aliphatic hydroxyl groups is 1. The highest BCUT2D eigenvalue weighted by Gasteiger charge is 2.37. The van der Waals surface area contributed by atoms with E-state index in [1.54, 1.807) is 0 Å². The first-order chi connectivity index (χ1) is 5.86. The minimum atomic E-state index is -1.36. The lowest BCUT2D eigenvalue weighted by Crippen LogP contribution is -2.43. The molecular formula is C11H22OSi. The van der Waals surface area contributed by atoms with E-state index in [1.165, 1.54) is 19.3 Å². The van der Waals surface area contributed by atoms with Crippen LogP contribution in [0.5, 0.6) is 0 Å². The average molecular weight is 198 g/mol. The minimum absolute atomic E-state index is 0.511. The fraction of sp³-hybridized carbons (Fsp3) is 0.818. The standard InChI is InChI=1S/C11H22OSi/c1-10(13(2,3)4)11(12)8-6-5-7-9-11/h12H,1,5-9H2,2-4H3. The van der Waals surface area contributed by atoms with Gasteiger partial charge < -0.3 is 5.11 Å². The van der Waals surface area contributed by atoms with Gasteiger partial charge in [-0.25, -0.2) is 0 Å². The molecule has 0 bridgehead atoms. The molecule has 1 fully saturated rings. The maximum absolute atomic E-state index is 10.4. The summed E-state index contributed by atoms with van der Waals surface area (Å²) in [4.78, 5) is 0. The SMILES string of the molecule is C=C(C1(O)CCCCC1)[Si](C)(C)C. The molecule has 0 aromatic heterocycles. The van der Waals surface area contributed by atoms with Crippen LogP contribution >= 0.6 is 0 Å². The van der Waals surface area contributed by atoms with Gasteiger partial charge in [0.1, 0.15) is 0 Å². The molecule has 0 aliphatic heterocycles. The third kappa shape index (κ3) is 2.44. The first kappa shape index (κ1) is 11.0. The van der Waals surface area contributed by atoms with Crippen molar-refractivity contribution in [1.29, 1.82) is 0 Å². The van der Waals surface area contributed by atoms with Crippen LogP contribution < -0.4 is 0 Å². The second-order valence-electron chi connectivity index (χ2n) is 5.32. The highest BCUT2D eigenvalue weighted by Crippen LogP contribution is 2.37. The van der Waals surface area contributed by atoms with Crippen molar-refractivity contribution in [3.8, 4) is 0 Å². The van der Waals surface area contributed by atoms with E-state index in [-0.39, 0.29) is 0 Å². The normalized spacial score (nSPS) is 22.8. The topological polar surface area (TPSA) is 20.2 Å². The van der Waals surface area contributed by atoms with Gasteiger partial charge in [-0.15, -0.1) is 6.58 Å².